The van der Waals surface area contributed by atoms with Gasteiger partial charge < -0.3 is 20.5 Å². The highest BCUT2D eigenvalue weighted by Gasteiger charge is 2.62. The van der Waals surface area contributed by atoms with Crippen LogP contribution in [0.15, 0.2) is 24.3 Å². The largest absolute Gasteiger partial charge is 0.379 e. The van der Waals surface area contributed by atoms with Gasteiger partial charge in [-0.3, -0.25) is 9.69 Å². The molecule has 0 bridgehead atoms. The molecule has 6 nitrogen and oxygen atoms in total. The minimum Gasteiger partial charge on any atom is -0.379 e. The Kier molecular flexibility index (Phi) is 6.44. The van der Waals surface area contributed by atoms with E-state index >= 15 is 0 Å². The monoisotopic (exact) mass is 389 g/mol. The molecule has 1 aliphatic carbocycles. The highest BCUT2D eigenvalue weighted by atomic mass is 16.5. The van der Waals surface area contributed by atoms with E-state index in [1.165, 1.54) is 11.1 Å². The van der Waals surface area contributed by atoms with E-state index < -0.39 is 5.54 Å². The molecule has 1 saturated carbocycles. The molecule has 3 rings (SSSR count). The second-order valence-corrected chi connectivity index (χ2v) is 8.63. The minimum absolute atomic E-state index is 0.0281. The van der Waals surface area contributed by atoms with Crippen LogP contribution in [0.3, 0.4) is 0 Å². The molecule has 0 aromatic heterocycles. The van der Waals surface area contributed by atoms with Gasteiger partial charge in [-0.05, 0) is 19.4 Å². The number of hydrogen-bond donors (Lipinski definition) is 2. The summed E-state index contributed by atoms with van der Waals surface area (Å²) in [5.74, 6) is -0.0844. The number of nitrogens with two attached hydrogens (primary N) is 1. The Morgan fingerprint density at radius 2 is 1.96 bits per heavy atom. The van der Waals surface area contributed by atoms with Crippen molar-refractivity contribution in [2.75, 3.05) is 39.5 Å². The minimum atomic E-state index is -0.893. The molecule has 0 radical (unpaired) electrons. The van der Waals surface area contributed by atoms with Crippen molar-refractivity contribution in [2.24, 2.45) is 11.1 Å². The van der Waals surface area contributed by atoms with E-state index in [4.69, 9.17) is 15.2 Å². The molecule has 1 aromatic carbocycles. The maximum absolute atomic E-state index is 13.1. The standard InChI is InChI=1S/C22H35N3O3/c1-5-28-19-14-22(23,21(19,3)4)20(26)24-15-18(25-10-12-27-13-11-25)17-8-6-16(2)7-9-17/h6-9,18-19H,5,10-15,23H2,1-4H3,(H,24,26). The summed E-state index contributed by atoms with van der Waals surface area (Å²) >= 11 is 0. The third-order valence-corrected chi connectivity index (χ3v) is 6.64. The molecule has 1 aromatic rings. The maximum atomic E-state index is 13.1. The Bertz CT molecular complexity index is 670. The Morgan fingerprint density at radius 3 is 2.54 bits per heavy atom. The van der Waals surface area contributed by atoms with Crippen LogP contribution in [0.4, 0.5) is 0 Å². The van der Waals surface area contributed by atoms with Crippen LogP contribution >= 0.6 is 0 Å². The van der Waals surface area contributed by atoms with Crippen LogP contribution in [-0.2, 0) is 14.3 Å². The molecular formula is C22H35N3O3. The lowest BCUT2D eigenvalue weighted by Crippen LogP contribution is -2.76. The van der Waals surface area contributed by atoms with Gasteiger partial charge in [-0.2, -0.15) is 0 Å². The number of aryl methyl sites for hydroxylation is 1. The fourth-order valence-corrected chi connectivity index (χ4v) is 4.30. The van der Waals surface area contributed by atoms with E-state index in [2.05, 4.69) is 41.4 Å². The van der Waals surface area contributed by atoms with E-state index in [1.54, 1.807) is 0 Å². The highest BCUT2D eigenvalue weighted by Crippen LogP contribution is 2.49. The number of benzene rings is 1. The third kappa shape index (κ3) is 3.96. The molecule has 3 unspecified atom stereocenters. The number of ether oxygens (including phenoxy) is 2. The summed E-state index contributed by atoms with van der Waals surface area (Å²) in [4.78, 5) is 15.4. The molecule has 156 valence electrons. The zero-order chi connectivity index (χ0) is 20.4. The highest BCUT2D eigenvalue weighted by molar-refractivity contribution is 5.88. The molecule has 1 amide bonds. The molecular weight excluding hydrogens is 354 g/mol. The van der Waals surface area contributed by atoms with E-state index in [1.807, 2.05) is 20.8 Å². The smallest absolute Gasteiger partial charge is 0.240 e. The van der Waals surface area contributed by atoms with Gasteiger partial charge in [-0.15, -0.1) is 0 Å². The molecule has 28 heavy (non-hydrogen) atoms. The summed E-state index contributed by atoms with van der Waals surface area (Å²) in [5, 5.41) is 3.15. The van der Waals surface area contributed by atoms with Crippen molar-refractivity contribution in [2.45, 2.75) is 51.8 Å². The van der Waals surface area contributed by atoms with Crippen LogP contribution in [0.1, 0.15) is 44.4 Å². The van der Waals surface area contributed by atoms with Crippen molar-refractivity contribution < 1.29 is 14.3 Å². The van der Waals surface area contributed by atoms with Crippen molar-refractivity contribution in [1.82, 2.24) is 10.2 Å². The molecule has 1 aliphatic heterocycles. The van der Waals surface area contributed by atoms with Crippen LogP contribution in [-0.4, -0.2) is 61.9 Å². The molecule has 3 N–H and O–H groups in total. The van der Waals surface area contributed by atoms with Crippen molar-refractivity contribution >= 4 is 5.91 Å². The van der Waals surface area contributed by atoms with E-state index in [0.717, 1.165) is 26.3 Å². The van der Waals surface area contributed by atoms with E-state index in [-0.39, 0.29) is 23.5 Å². The normalized spacial score (nSPS) is 28.4. The molecule has 2 aliphatic rings. The van der Waals surface area contributed by atoms with Crippen LogP contribution in [0.2, 0.25) is 0 Å². The number of hydrogen-bond acceptors (Lipinski definition) is 5. The molecule has 6 heteroatoms. The summed E-state index contributed by atoms with van der Waals surface area (Å²) in [6.45, 7) is 12.4. The summed E-state index contributed by atoms with van der Waals surface area (Å²) in [6.07, 6.45) is 0.590. The summed E-state index contributed by atoms with van der Waals surface area (Å²) < 4.78 is 11.3. The Morgan fingerprint density at radius 1 is 1.32 bits per heavy atom. The molecule has 2 fully saturated rings. The number of rotatable bonds is 7. The maximum Gasteiger partial charge on any atom is 0.240 e. The summed E-state index contributed by atoms with van der Waals surface area (Å²) in [7, 11) is 0. The van der Waals surface area contributed by atoms with Gasteiger partial charge in [0.15, 0.2) is 0 Å². The van der Waals surface area contributed by atoms with Gasteiger partial charge in [-0.1, -0.05) is 43.7 Å². The van der Waals surface area contributed by atoms with Crippen molar-refractivity contribution in [3.63, 3.8) is 0 Å². The zero-order valence-electron chi connectivity index (χ0n) is 17.7. The summed E-state index contributed by atoms with van der Waals surface area (Å²) in [6, 6.07) is 8.66. The second kappa shape index (κ2) is 8.49. The quantitative estimate of drug-likeness (QED) is 0.746. The van der Waals surface area contributed by atoms with E-state index in [9.17, 15) is 4.79 Å². The van der Waals surface area contributed by atoms with Crippen molar-refractivity contribution in [3.05, 3.63) is 35.4 Å². The van der Waals surface area contributed by atoms with Crippen LogP contribution in [0, 0.1) is 12.3 Å². The van der Waals surface area contributed by atoms with Gasteiger partial charge in [0.1, 0.15) is 5.54 Å². The Balaban J connectivity index is 1.69. The first-order valence-corrected chi connectivity index (χ1v) is 10.4. The fourth-order valence-electron chi connectivity index (χ4n) is 4.30. The van der Waals surface area contributed by atoms with Gasteiger partial charge >= 0.3 is 0 Å². The zero-order valence-corrected chi connectivity index (χ0v) is 17.7. The first-order valence-electron chi connectivity index (χ1n) is 10.4. The van der Waals surface area contributed by atoms with E-state index in [0.29, 0.717) is 19.6 Å². The Labute approximate surface area is 168 Å². The summed E-state index contributed by atoms with van der Waals surface area (Å²) in [5.41, 5.74) is 7.70. The number of amides is 1. The molecule has 1 saturated heterocycles. The molecule has 3 atom stereocenters. The lowest BCUT2D eigenvalue weighted by atomic mass is 9.54. The number of nitrogens with zero attached hydrogens (tertiary/aromatic N) is 1. The third-order valence-electron chi connectivity index (χ3n) is 6.64. The van der Waals surface area contributed by atoms with Crippen LogP contribution in [0.25, 0.3) is 0 Å². The number of carbonyl (C=O) groups excluding carboxylic acids is 1. The second-order valence-electron chi connectivity index (χ2n) is 8.63. The lowest BCUT2D eigenvalue weighted by molar-refractivity contribution is -0.170. The lowest BCUT2D eigenvalue weighted by Gasteiger charge is -2.57. The van der Waals surface area contributed by atoms with Crippen LogP contribution in [0.5, 0.6) is 0 Å². The number of morpholine rings is 1. The predicted molar refractivity (Wildman–Crippen MR) is 110 cm³/mol. The first-order chi connectivity index (χ1) is 13.3. The van der Waals surface area contributed by atoms with Crippen molar-refractivity contribution in [1.29, 1.82) is 0 Å². The van der Waals surface area contributed by atoms with Gasteiger partial charge in [0.2, 0.25) is 5.91 Å². The van der Waals surface area contributed by atoms with Crippen LogP contribution < -0.4 is 11.1 Å². The molecule has 1 heterocycles. The van der Waals surface area contributed by atoms with Gasteiger partial charge in [0.25, 0.3) is 0 Å². The van der Waals surface area contributed by atoms with Gasteiger partial charge in [0, 0.05) is 38.1 Å². The Hall–Kier alpha value is -1.47. The SMILES string of the molecule is CCOC1CC(N)(C(=O)NCC(c2ccc(C)cc2)N2CCOCC2)C1(C)C. The molecule has 0 spiro atoms. The number of nitrogens with one attached hydrogen (secondary N) is 1. The average molecular weight is 390 g/mol. The van der Waals surface area contributed by atoms with Gasteiger partial charge in [0.05, 0.1) is 25.4 Å². The number of carbonyl (C=O) groups is 1. The van der Waals surface area contributed by atoms with Crippen molar-refractivity contribution in [3.8, 4) is 0 Å². The fraction of sp³-hybridized carbons (Fsp3) is 0.682. The first kappa shape index (κ1) is 21.2. The van der Waals surface area contributed by atoms with Gasteiger partial charge in [-0.25, -0.2) is 0 Å². The topological polar surface area (TPSA) is 76.8 Å². The predicted octanol–water partition coefficient (Wildman–Crippen LogP) is 2.02. The average Bonchev–Trinajstić information content (AvgIpc) is 2.69.